The minimum absolute atomic E-state index is 0.0883. The number of hydrogen-bond donors (Lipinski definition) is 0. The molecule has 1 atom stereocenters. The lowest BCUT2D eigenvalue weighted by molar-refractivity contribution is -0.0503. The summed E-state index contributed by atoms with van der Waals surface area (Å²) in [5.74, 6) is 0. The van der Waals surface area contributed by atoms with E-state index in [9.17, 15) is 0 Å². The van der Waals surface area contributed by atoms with Crippen LogP contribution in [0.15, 0.2) is 12.7 Å². The molecule has 0 heterocycles. The van der Waals surface area contributed by atoms with Gasteiger partial charge in [-0.2, -0.15) is 0 Å². The van der Waals surface area contributed by atoms with Crippen molar-refractivity contribution in [3.63, 3.8) is 0 Å². The molecule has 0 aromatic heterocycles. The number of ether oxygens (including phenoxy) is 1. The van der Waals surface area contributed by atoms with Crippen LogP contribution in [0.25, 0.3) is 0 Å². The van der Waals surface area contributed by atoms with Crippen LogP contribution in [-0.2, 0) is 4.74 Å². The zero-order chi connectivity index (χ0) is 9.03. The maximum atomic E-state index is 5.98. The molecule has 1 aliphatic rings. The van der Waals surface area contributed by atoms with E-state index in [1.54, 1.807) is 0 Å². The Balaban J connectivity index is 2.40. The predicted molar refractivity (Wildman–Crippen MR) is 52.2 cm³/mol. The first-order valence-corrected chi connectivity index (χ1v) is 5.01. The van der Waals surface area contributed by atoms with E-state index in [0.717, 1.165) is 6.42 Å². The molecular formula is C11H20O. The molecule has 70 valence electrons. The second kappa shape index (κ2) is 4.08. The van der Waals surface area contributed by atoms with Crippen molar-refractivity contribution < 1.29 is 4.74 Å². The normalized spacial score (nSPS) is 23.8. The van der Waals surface area contributed by atoms with Gasteiger partial charge in [-0.25, -0.2) is 0 Å². The topological polar surface area (TPSA) is 9.23 Å². The second-order valence-corrected chi connectivity index (χ2v) is 3.89. The maximum Gasteiger partial charge on any atom is 0.0832 e. The SMILES string of the molecule is C=CC(C)(CC)OC1CCCC1. The minimum atomic E-state index is -0.0883. The molecule has 0 bridgehead atoms. The molecule has 1 aliphatic carbocycles. The lowest BCUT2D eigenvalue weighted by Crippen LogP contribution is -2.29. The van der Waals surface area contributed by atoms with Crippen LogP contribution in [0.4, 0.5) is 0 Å². The highest BCUT2D eigenvalue weighted by Crippen LogP contribution is 2.27. The van der Waals surface area contributed by atoms with Gasteiger partial charge in [0.25, 0.3) is 0 Å². The smallest absolute Gasteiger partial charge is 0.0832 e. The van der Waals surface area contributed by atoms with E-state index in [2.05, 4.69) is 20.4 Å². The van der Waals surface area contributed by atoms with Gasteiger partial charge in [-0.1, -0.05) is 25.8 Å². The summed E-state index contributed by atoms with van der Waals surface area (Å²) in [5.41, 5.74) is -0.0883. The predicted octanol–water partition coefficient (Wildman–Crippen LogP) is 3.30. The summed E-state index contributed by atoms with van der Waals surface area (Å²) in [5, 5.41) is 0. The maximum absolute atomic E-state index is 5.98. The molecule has 0 aliphatic heterocycles. The van der Waals surface area contributed by atoms with Crippen LogP contribution >= 0.6 is 0 Å². The highest BCUT2D eigenvalue weighted by Gasteiger charge is 2.25. The van der Waals surface area contributed by atoms with Crippen LogP contribution in [-0.4, -0.2) is 11.7 Å². The number of hydrogen-bond acceptors (Lipinski definition) is 1. The van der Waals surface area contributed by atoms with Gasteiger partial charge >= 0.3 is 0 Å². The van der Waals surface area contributed by atoms with Gasteiger partial charge < -0.3 is 4.74 Å². The Bertz CT molecular complexity index is 147. The van der Waals surface area contributed by atoms with Gasteiger partial charge in [0.15, 0.2) is 0 Å². The van der Waals surface area contributed by atoms with Crippen LogP contribution in [0.5, 0.6) is 0 Å². The summed E-state index contributed by atoms with van der Waals surface area (Å²) >= 11 is 0. The average molecular weight is 168 g/mol. The summed E-state index contributed by atoms with van der Waals surface area (Å²) < 4.78 is 5.98. The summed E-state index contributed by atoms with van der Waals surface area (Å²) in [7, 11) is 0. The Morgan fingerprint density at radius 1 is 1.50 bits per heavy atom. The quantitative estimate of drug-likeness (QED) is 0.585. The molecule has 12 heavy (non-hydrogen) atoms. The van der Waals surface area contributed by atoms with Gasteiger partial charge in [0.1, 0.15) is 0 Å². The molecule has 1 fully saturated rings. The van der Waals surface area contributed by atoms with Crippen molar-refractivity contribution in [1.29, 1.82) is 0 Å². The van der Waals surface area contributed by atoms with Crippen molar-refractivity contribution in [1.82, 2.24) is 0 Å². The standard InChI is InChI=1S/C11H20O/c1-4-11(3,5-2)12-10-8-6-7-9-10/h4,10H,1,5-9H2,2-3H3. The van der Waals surface area contributed by atoms with Crippen molar-refractivity contribution in [2.24, 2.45) is 0 Å². The molecule has 1 unspecified atom stereocenters. The molecule has 0 radical (unpaired) electrons. The fourth-order valence-electron chi connectivity index (χ4n) is 1.66. The van der Waals surface area contributed by atoms with Crippen LogP contribution in [0, 0.1) is 0 Å². The van der Waals surface area contributed by atoms with E-state index >= 15 is 0 Å². The Kier molecular flexibility index (Phi) is 3.33. The second-order valence-electron chi connectivity index (χ2n) is 3.89. The van der Waals surface area contributed by atoms with Crippen molar-refractivity contribution >= 4 is 0 Å². The monoisotopic (exact) mass is 168 g/mol. The first-order valence-electron chi connectivity index (χ1n) is 5.01. The Labute approximate surface area is 75.8 Å². The summed E-state index contributed by atoms with van der Waals surface area (Å²) in [6, 6.07) is 0. The largest absolute Gasteiger partial charge is 0.368 e. The molecule has 0 aromatic carbocycles. The molecule has 0 N–H and O–H groups in total. The first-order chi connectivity index (χ1) is 5.70. The molecular weight excluding hydrogens is 148 g/mol. The zero-order valence-electron chi connectivity index (χ0n) is 8.31. The van der Waals surface area contributed by atoms with Gasteiger partial charge in [0.05, 0.1) is 11.7 Å². The van der Waals surface area contributed by atoms with Crippen molar-refractivity contribution in [3.05, 3.63) is 12.7 Å². The van der Waals surface area contributed by atoms with Crippen LogP contribution in [0.3, 0.4) is 0 Å². The summed E-state index contributed by atoms with van der Waals surface area (Å²) in [4.78, 5) is 0. The van der Waals surface area contributed by atoms with Crippen LogP contribution in [0.1, 0.15) is 46.0 Å². The van der Waals surface area contributed by atoms with Gasteiger partial charge in [-0.15, -0.1) is 6.58 Å². The van der Waals surface area contributed by atoms with E-state index in [1.165, 1.54) is 25.7 Å². The van der Waals surface area contributed by atoms with Crippen molar-refractivity contribution in [2.75, 3.05) is 0 Å². The van der Waals surface area contributed by atoms with Gasteiger partial charge in [-0.05, 0) is 26.2 Å². The molecule has 1 rings (SSSR count). The molecule has 0 amide bonds. The van der Waals surface area contributed by atoms with Crippen molar-refractivity contribution in [3.8, 4) is 0 Å². The van der Waals surface area contributed by atoms with Gasteiger partial charge in [0, 0.05) is 0 Å². The van der Waals surface area contributed by atoms with E-state index < -0.39 is 0 Å². The highest BCUT2D eigenvalue weighted by molar-refractivity contribution is 4.93. The lowest BCUT2D eigenvalue weighted by atomic mass is 10.0. The average Bonchev–Trinajstić information content (AvgIpc) is 2.57. The Morgan fingerprint density at radius 3 is 2.50 bits per heavy atom. The van der Waals surface area contributed by atoms with E-state index in [-0.39, 0.29) is 5.60 Å². The zero-order valence-corrected chi connectivity index (χ0v) is 8.31. The first kappa shape index (κ1) is 9.79. The lowest BCUT2D eigenvalue weighted by Gasteiger charge is -2.28. The fraction of sp³-hybridized carbons (Fsp3) is 0.818. The van der Waals surface area contributed by atoms with Crippen LogP contribution in [0.2, 0.25) is 0 Å². The van der Waals surface area contributed by atoms with Gasteiger partial charge in [0.2, 0.25) is 0 Å². The third kappa shape index (κ3) is 2.34. The third-order valence-corrected chi connectivity index (χ3v) is 2.87. The third-order valence-electron chi connectivity index (χ3n) is 2.87. The van der Waals surface area contributed by atoms with Crippen LogP contribution < -0.4 is 0 Å². The summed E-state index contributed by atoms with van der Waals surface area (Å²) in [6.45, 7) is 8.09. The minimum Gasteiger partial charge on any atom is -0.368 e. The number of rotatable bonds is 4. The Morgan fingerprint density at radius 2 is 2.08 bits per heavy atom. The molecule has 1 nitrogen and oxygen atoms in total. The van der Waals surface area contributed by atoms with E-state index in [4.69, 9.17) is 4.74 Å². The van der Waals surface area contributed by atoms with Gasteiger partial charge in [-0.3, -0.25) is 0 Å². The summed E-state index contributed by atoms with van der Waals surface area (Å²) in [6.07, 6.45) is 8.60. The molecule has 0 spiro atoms. The molecule has 1 saturated carbocycles. The molecule has 1 heteroatoms. The Hall–Kier alpha value is -0.300. The molecule has 0 aromatic rings. The fourth-order valence-corrected chi connectivity index (χ4v) is 1.66. The molecule has 0 saturated heterocycles. The highest BCUT2D eigenvalue weighted by atomic mass is 16.5. The van der Waals surface area contributed by atoms with Crippen molar-refractivity contribution in [2.45, 2.75) is 57.7 Å². The van der Waals surface area contributed by atoms with E-state index in [1.807, 2.05) is 6.08 Å². The van der Waals surface area contributed by atoms with E-state index in [0.29, 0.717) is 6.10 Å².